The highest BCUT2D eigenvalue weighted by atomic mass is 79.9. The van der Waals surface area contributed by atoms with Crippen molar-refractivity contribution < 1.29 is 13.5 Å². The Bertz CT molecular complexity index is 589. The van der Waals surface area contributed by atoms with Crippen LogP contribution in [-0.4, -0.2) is 16.1 Å². The van der Waals surface area contributed by atoms with Gasteiger partial charge in [0.25, 0.3) is 0 Å². The molecule has 4 nitrogen and oxygen atoms in total. The lowest BCUT2D eigenvalue weighted by Gasteiger charge is -2.14. The fourth-order valence-electron chi connectivity index (χ4n) is 1.88. The normalized spacial score (nSPS) is 11.1. The van der Waals surface area contributed by atoms with E-state index in [0.29, 0.717) is 12.3 Å². The molecule has 0 aliphatic carbocycles. The highest BCUT2D eigenvalue weighted by molar-refractivity contribution is 9.10. The van der Waals surface area contributed by atoms with Crippen molar-refractivity contribution in [3.8, 4) is 5.75 Å². The second kappa shape index (κ2) is 7.51. The summed E-state index contributed by atoms with van der Waals surface area (Å²) >= 11 is 3.42. The van der Waals surface area contributed by atoms with Gasteiger partial charge in [-0.25, -0.2) is 4.98 Å². The summed E-state index contributed by atoms with van der Waals surface area (Å²) < 4.78 is 32.8. The van der Waals surface area contributed by atoms with Crippen LogP contribution in [0.25, 0.3) is 0 Å². The van der Waals surface area contributed by atoms with Gasteiger partial charge in [-0.15, -0.1) is 0 Å². The monoisotopic (exact) mass is 359 g/mol. The molecule has 0 unspecified atom stereocenters. The van der Waals surface area contributed by atoms with E-state index in [4.69, 9.17) is 4.74 Å². The molecule has 0 amide bonds. The SMILES string of the molecule is CCNCc1cccc(Br)c1OCc1nccn1C(F)F. The largest absolute Gasteiger partial charge is 0.484 e. The Balaban J connectivity index is 2.13. The van der Waals surface area contributed by atoms with Crippen LogP contribution in [0.4, 0.5) is 8.78 Å². The Morgan fingerprint density at radius 2 is 2.24 bits per heavy atom. The van der Waals surface area contributed by atoms with E-state index in [9.17, 15) is 8.78 Å². The molecule has 0 atom stereocenters. The maximum absolute atomic E-state index is 12.8. The van der Waals surface area contributed by atoms with Crippen molar-refractivity contribution in [1.82, 2.24) is 14.9 Å². The van der Waals surface area contributed by atoms with Crippen molar-refractivity contribution in [3.63, 3.8) is 0 Å². The molecule has 2 aromatic rings. The lowest BCUT2D eigenvalue weighted by molar-refractivity contribution is 0.0631. The first-order chi connectivity index (χ1) is 10.1. The molecule has 0 fully saturated rings. The summed E-state index contributed by atoms with van der Waals surface area (Å²) in [4.78, 5) is 3.90. The molecule has 2 rings (SSSR count). The minimum absolute atomic E-state index is 0.0148. The van der Waals surface area contributed by atoms with E-state index in [1.54, 1.807) is 0 Å². The number of rotatable bonds is 7. The number of benzene rings is 1. The molecule has 21 heavy (non-hydrogen) atoms. The fourth-order valence-corrected chi connectivity index (χ4v) is 2.41. The van der Waals surface area contributed by atoms with Gasteiger partial charge in [0.05, 0.1) is 4.47 Å². The van der Waals surface area contributed by atoms with Crippen LogP contribution >= 0.6 is 15.9 Å². The zero-order valence-electron chi connectivity index (χ0n) is 11.5. The minimum atomic E-state index is -2.62. The first kappa shape index (κ1) is 15.9. The van der Waals surface area contributed by atoms with E-state index in [1.807, 2.05) is 25.1 Å². The van der Waals surface area contributed by atoms with Gasteiger partial charge in [0.1, 0.15) is 12.4 Å². The molecule has 0 saturated heterocycles. The predicted molar refractivity (Wildman–Crippen MR) is 79.3 cm³/mol. The van der Waals surface area contributed by atoms with E-state index in [1.165, 1.54) is 12.4 Å². The Hall–Kier alpha value is -1.47. The molecule has 0 radical (unpaired) electrons. The Labute approximate surface area is 130 Å². The maximum Gasteiger partial charge on any atom is 0.320 e. The van der Waals surface area contributed by atoms with Crippen LogP contribution in [-0.2, 0) is 13.2 Å². The molecule has 1 N–H and O–H groups in total. The van der Waals surface area contributed by atoms with E-state index >= 15 is 0 Å². The smallest absolute Gasteiger partial charge is 0.320 e. The number of hydrogen-bond acceptors (Lipinski definition) is 3. The van der Waals surface area contributed by atoms with Crippen LogP contribution < -0.4 is 10.1 Å². The molecule has 0 bridgehead atoms. The first-order valence-electron chi connectivity index (χ1n) is 6.54. The molecule has 7 heteroatoms. The Morgan fingerprint density at radius 1 is 1.43 bits per heavy atom. The van der Waals surface area contributed by atoms with Crippen molar-refractivity contribution in [2.75, 3.05) is 6.54 Å². The Morgan fingerprint density at radius 3 is 2.95 bits per heavy atom. The lowest BCUT2D eigenvalue weighted by Crippen LogP contribution is -2.14. The predicted octanol–water partition coefficient (Wildman–Crippen LogP) is 3.73. The van der Waals surface area contributed by atoms with Gasteiger partial charge in [-0.3, -0.25) is 4.57 Å². The summed E-state index contributed by atoms with van der Waals surface area (Å²) in [5.41, 5.74) is 0.960. The van der Waals surface area contributed by atoms with E-state index < -0.39 is 6.55 Å². The highest BCUT2D eigenvalue weighted by Gasteiger charge is 2.14. The van der Waals surface area contributed by atoms with Crippen molar-refractivity contribution in [2.24, 2.45) is 0 Å². The van der Waals surface area contributed by atoms with Crippen LogP contribution in [0.3, 0.4) is 0 Å². The van der Waals surface area contributed by atoms with Gasteiger partial charge in [-0.2, -0.15) is 8.78 Å². The van der Waals surface area contributed by atoms with Crippen LogP contribution in [0.5, 0.6) is 5.75 Å². The number of alkyl halides is 2. The number of hydrogen-bond donors (Lipinski definition) is 1. The molecule has 0 aliphatic heterocycles. The zero-order chi connectivity index (χ0) is 15.2. The van der Waals surface area contributed by atoms with Crippen molar-refractivity contribution in [2.45, 2.75) is 26.6 Å². The number of para-hydroxylation sites is 1. The number of imidazole rings is 1. The van der Waals surface area contributed by atoms with Gasteiger partial charge < -0.3 is 10.1 Å². The van der Waals surface area contributed by atoms with E-state index in [-0.39, 0.29) is 12.4 Å². The van der Waals surface area contributed by atoms with Crippen LogP contribution in [0.15, 0.2) is 35.1 Å². The number of halogens is 3. The molecular formula is C14H16BrF2N3O. The molecule has 0 aliphatic rings. The van der Waals surface area contributed by atoms with Gasteiger partial charge >= 0.3 is 6.55 Å². The fraction of sp³-hybridized carbons (Fsp3) is 0.357. The lowest BCUT2D eigenvalue weighted by atomic mass is 10.2. The second-order valence-electron chi connectivity index (χ2n) is 4.33. The minimum Gasteiger partial charge on any atom is -0.484 e. The molecule has 114 valence electrons. The van der Waals surface area contributed by atoms with Crippen LogP contribution in [0.2, 0.25) is 0 Å². The molecule has 1 aromatic carbocycles. The van der Waals surface area contributed by atoms with Crippen molar-refractivity contribution >= 4 is 15.9 Å². The summed E-state index contributed by atoms with van der Waals surface area (Å²) in [5, 5.41) is 3.21. The van der Waals surface area contributed by atoms with Crippen molar-refractivity contribution in [3.05, 3.63) is 46.5 Å². The van der Waals surface area contributed by atoms with Gasteiger partial charge in [-0.1, -0.05) is 19.1 Å². The summed E-state index contributed by atoms with van der Waals surface area (Å²) in [6.07, 6.45) is 2.58. The first-order valence-corrected chi connectivity index (χ1v) is 7.33. The molecule has 1 heterocycles. The van der Waals surface area contributed by atoms with Crippen LogP contribution in [0, 0.1) is 0 Å². The summed E-state index contributed by atoms with van der Waals surface area (Å²) in [6.45, 7) is 0.861. The van der Waals surface area contributed by atoms with Crippen molar-refractivity contribution in [1.29, 1.82) is 0 Å². The number of ether oxygens (including phenoxy) is 1. The zero-order valence-corrected chi connectivity index (χ0v) is 13.1. The molecule has 0 saturated carbocycles. The number of aromatic nitrogens is 2. The van der Waals surface area contributed by atoms with E-state index in [2.05, 4.69) is 26.2 Å². The van der Waals surface area contributed by atoms with E-state index in [0.717, 1.165) is 21.1 Å². The highest BCUT2D eigenvalue weighted by Crippen LogP contribution is 2.30. The standard InChI is InChI=1S/C14H16BrF2N3O/c1-2-18-8-10-4-3-5-11(15)13(10)21-9-12-19-6-7-20(12)14(16)17/h3-7,14,18H,2,8-9H2,1H3. The van der Waals surface area contributed by atoms with Crippen LogP contribution in [0.1, 0.15) is 24.9 Å². The Kier molecular flexibility index (Phi) is 5.69. The second-order valence-corrected chi connectivity index (χ2v) is 5.18. The third-order valence-electron chi connectivity index (χ3n) is 2.92. The topological polar surface area (TPSA) is 39.1 Å². The third-order valence-corrected chi connectivity index (χ3v) is 3.54. The summed E-state index contributed by atoms with van der Waals surface area (Å²) in [6, 6.07) is 5.69. The average Bonchev–Trinajstić information content (AvgIpc) is 2.92. The quantitative estimate of drug-likeness (QED) is 0.818. The number of nitrogens with one attached hydrogen (secondary N) is 1. The van der Waals surface area contributed by atoms with Gasteiger partial charge in [-0.05, 0) is 28.5 Å². The summed E-state index contributed by atoms with van der Waals surface area (Å²) in [7, 11) is 0. The third kappa shape index (κ3) is 4.01. The molecular weight excluding hydrogens is 344 g/mol. The molecule has 0 spiro atoms. The van der Waals surface area contributed by atoms with Gasteiger partial charge in [0.15, 0.2) is 5.82 Å². The summed E-state index contributed by atoms with van der Waals surface area (Å²) in [5.74, 6) is 0.831. The maximum atomic E-state index is 12.8. The number of nitrogens with zero attached hydrogens (tertiary/aromatic N) is 2. The van der Waals surface area contributed by atoms with Gasteiger partial charge in [0.2, 0.25) is 0 Å². The average molecular weight is 360 g/mol. The molecule has 1 aromatic heterocycles. The van der Waals surface area contributed by atoms with Gasteiger partial charge in [0, 0.05) is 24.5 Å².